The molecule has 4 rings (SSSR count). The fraction of sp³-hybridized carbons (Fsp3) is 0.333. The summed E-state index contributed by atoms with van der Waals surface area (Å²) in [6.45, 7) is 1.47. The summed E-state index contributed by atoms with van der Waals surface area (Å²) in [6.07, 6.45) is 2.40. The molecule has 2 N–H and O–H groups in total. The van der Waals surface area contributed by atoms with Crippen LogP contribution in [0.5, 0.6) is 5.75 Å². The molecule has 1 saturated heterocycles. The minimum atomic E-state index is -0.377. The Labute approximate surface area is 190 Å². The summed E-state index contributed by atoms with van der Waals surface area (Å²) < 4.78 is 24.4. The largest absolute Gasteiger partial charge is 0.489 e. The molecule has 1 atom stereocenters. The van der Waals surface area contributed by atoms with Gasteiger partial charge >= 0.3 is 0 Å². The van der Waals surface area contributed by atoms with Crippen LogP contribution < -0.4 is 15.6 Å². The zero-order valence-corrected chi connectivity index (χ0v) is 18.1. The molecule has 8 nitrogen and oxygen atoms in total. The van der Waals surface area contributed by atoms with Gasteiger partial charge in [-0.25, -0.2) is 4.39 Å². The minimum absolute atomic E-state index is 0.0783. The molecule has 0 saturated carbocycles. The van der Waals surface area contributed by atoms with Crippen LogP contribution in [0.1, 0.15) is 30.5 Å². The smallest absolute Gasteiger partial charge is 0.273 e. The molecule has 0 bridgehead atoms. The highest BCUT2D eigenvalue weighted by molar-refractivity contribution is 5.76. The maximum Gasteiger partial charge on any atom is 0.273 e. The monoisotopic (exact) mass is 452 g/mol. The lowest BCUT2D eigenvalue weighted by atomic mass is 10.2. The zero-order valence-electron chi connectivity index (χ0n) is 18.1. The zero-order chi connectivity index (χ0) is 23.0. The van der Waals surface area contributed by atoms with Gasteiger partial charge in [0.1, 0.15) is 23.9 Å². The van der Waals surface area contributed by atoms with Crippen molar-refractivity contribution >= 4 is 5.91 Å². The second kappa shape index (κ2) is 10.8. The lowest BCUT2D eigenvalue weighted by molar-refractivity contribution is -0.121. The van der Waals surface area contributed by atoms with Gasteiger partial charge in [0.15, 0.2) is 5.82 Å². The van der Waals surface area contributed by atoms with Crippen LogP contribution in [0, 0.1) is 5.82 Å². The number of amides is 1. The lowest BCUT2D eigenvalue weighted by Crippen LogP contribution is -2.32. The van der Waals surface area contributed by atoms with Gasteiger partial charge in [-0.3, -0.25) is 9.59 Å². The first-order valence-electron chi connectivity index (χ1n) is 10.9. The lowest BCUT2D eigenvalue weighted by Gasteiger charge is -2.10. The number of aryl methyl sites for hydroxylation is 1. The van der Waals surface area contributed by atoms with Crippen LogP contribution in [0.25, 0.3) is 11.4 Å². The van der Waals surface area contributed by atoms with E-state index in [9.17, 15) is 14.0 Å². The first-order valence-corrected chi connectivity index (χ1v) is 10.9. The molecule has 0 radical (unpaired) electrons. The van der Waals surface area contributed by atoms with Crippen LogP contribution in [0.2, 0.25) is 0 Å². The van der Waals surface area contributed by atoms with E-state index in [1.165, 1.54) is 12.1 Å². The van der Waals surface area contributed by atoms with Gasteiger partial charge < -0.3 is 19.8 Å². The van der Waals surface area contributed by atoms with Crippen molar-refractivity contribution in [1.29, 1.82) is 0 Å². The van der Waals surface area contributed by atoms with E-state index >= 15 is 0 Å². The Balaban J connectivity index is 1.29. The van der Waals surface area contributed by atoms with E-state index in [2.05, 4.69) is 20.5 Å². The third-order valence-electron chi connectivity index (χ3n) is 5.33. The Kier molecular flexibility index (Phi) is 7.41. The van der Waals surface area contributed by atoms with Gasteiger partial charge in [0.05, 0.1) is 6.10 Å². The third kappa shape index (κ3) is 6.45. The van der Waals surface area contributed by atoms with Crippen molar-refractivity contribution in [3.63, 3.8) is 0 Å². The highest BCUT2D eigenvalue weighted by Crippen LogP contribution is 2.19. The molecule has 172 valence electrons. The Hall–Kier alpha value is -3.59. The molecule has 1 fully saturated rings. The molecule has 0 spiro atoms. The van der Waals surface area contributed by atoms with Crippen molar-refractivity contribution in [2.24, 2.45) is 0 Å². The van der Waals surface area contributed by atoms with Gasteiger partial charge in [-0.15, -0.1) is 10.2 Å². The van der Waals surface area contributed by atoms with Crippen LogP contribution in [0.4, 0.5) is 4.39 Å². The topological polar surface area (TPSA) is 106 Å². The molecular weight excluding hydrogens is 427 g/mol. The van der Waals surface area contributed by atoms with Gasteiger partial charge in [-0.2, -0.15) is 0 Å². The van der Waals surface area contributed by atoms with Crippen molar-refractivity contribution in [1.82, 2.24) is 20.5 Å². The normalized spacial score (nSPS) is 15.4. The quantitative estimate of drug-likeness (QED) is 0.517. The molecule has 1 unspecified atom stereocenters. The summed E-state index contributed by atoms with van der Waals surface area (Å²) in [5.74, 6) is 0.466. The first kappa shape index (κ1) is 22.6. The number of hydrogen-bond donors (Lipinski definition) is 2. The summed E-state index contributed by atoms with van der Waals surface area (Å²) in [4.78, 5) is 27.1. The second-order valence-corrected chi connectivity index (χ2v) is 7.83. The highest BCUT2D eigenvalue weighted by Gasteiger charge is 2.16. The highest BCUT2D eigenvalue weighted by atomic mass is 19.1. The average molecular weight is 452 g/mol. The Morgan fingerprint density at radius 2 is 2.06 bits per heavy atom. The molecule has 2 heterocycles. The number of ether oxygens (including phenoxy) is 2. The van der Waals surface area contributed by atoms with Crippen molar-refractivity contribution in [2.75, 3.05) is 13.2 Å². The summed E-state index contributed by atoms with van der Waals surface area (Å²) in [5, 5.41) is 10.9. The van der Waals surface area contributed by atoms with Crippen molar-refractivity contribution in [3.05, 3.63) is 76.0 Å². The van der Waals surface area contributed by atoms with E-state index in [0.717, 1.165) is 25.0 Å². The summed E-state index contributed by atoms with van der Waals surface area (Å²) >= 11 is 0. The molecule has 0 aliphatic carbocycles. The molecule has 9 heteroatoms. The number of aromatic nitrogens is 3. The fourth-order valence-corrected chi connectivity index (χ4v) is 3.51. The van der Waals surface area contributed by atoms with E-state index in [-0.39, 0.29) is 48.5 Å². The molecule has 2 aromatic carbocycles. The van der Waals surface area contributed by atoms with Crippen molar-refractivity contribution < 1.29 is 18.7 Å². The van der Waals surface area contributed by atoms with E-state index in [0.29, 0.717) is 23.7 Å². The number of aromatic amines is 1. The number of carbonyl (C=O) groups is 1. The molecule has 1 amide bonds. The van der Waals surface area contributed by atoms with Gasteiger partial charge in [-0.05, 0) is 54.8 Å². The maximum atomic E-state index is 13.3. The van der Waals surface area contributed by atoms with Crippen LogP contribution in [0.3, 0.4) is 0 Å². The summed E-state index contributed by atoms with van der Waals surface area (Å²) in [7, 11) is 0. The molecule has 33 heavy (non-hydrogen) atoms. The van der Waals surface area contributed by atoms with Crippen LogP contribution in [0.15, 0.2) is 53.3 Å². The fourth-order valence-electron chi connectivity index (χ4n) is 3.51. The Morgan fingerprint density at radius 3 is 2.79 bits per heavy atom. The molecule has 3 aromatic rings. The average Bonchev–Trinajstić information content (AvgIpc) is 3.35. The molecule has 1 aliphatic heterocycles. The van der Waals surface area contributed by atoms with Gasteiger partial charge in [-0.1, -0.05) is 12.1 Å². The SMILES string of the molecule is O=C(CCc1nnc(-c2ccc(OCc3cccc(F)c3)cc2)[nH]c1=O)NCC1CCCO1. The number of nitrogens with zero attached hydrogens (tertiary/aromatic N) is 2. The van der Waals surface area contributed by atoms with Gasteiger partial charge in [0.25, 0.3) is 5.56 Å². The number of carbonyl (C=O) groups excluding carboxylic acids is 1. The van der Waals surface area contributed by atoms with E-state index < -0.39 is 0 Å². The van der Waals surface area contributed by atoms with Crippen molar-refractivity contribution in [2.45, 2.75) is 38.4 Å². The third-order valence-corrected chi connectivity index (χ3v) is 5.33. The number of rotatable bonds is 9. The Morgan fingerprint density at radius 1 is 1.21 bits per heavy atom. The number of benzene rings is 2. The first-order chi connectivity index (χ1) is 16.1. The molecule has 1 aromatic heterocycles. The number of halogens is 1. The maximum absolute atomic E-state index is 13.3. The predicted molar refractivity (Wildman–Crippen MR) is 119 cm³/mol. The minimum Gasteiger partial charge on any atom is -0.489 e. The number of hydrogen-bond acceptors (Lipinski definition) is 6. The van der Waals surface area contributed by atoms with Crippen LogP contribution in [-0.2, 0) is 22.6 Å². The summed E-state index contributed by atoms with van der Waals surface area (Å²) in [6, 6.07) is 13.2. The predicted octanol–water partition coefficient (Wildman–Crippen LogP) is 2.78. The Bertz CT molecular complexity index is 1140. The van der Waals surface area contributed by atoms with Crippen LogP contribution >= 0.6 is 0 Å². The number of H-pyrrole nitrogens is 1. The molecular formula is C24H25FN4O4. The van der Waals surface area contributed by atoms with E-state index in [1.807, 2.05) is 0 Å². The van der Waals surface area contributed by atoms with Crippen molar-refractivity contribution in [3.8, 4) is 17.1 Å². The molecule has 1 aliphatic rings. The van der Waals surface area contributed by atoms with Gasteiger partial charge in [0.2, 0.25) is 5.91 Å². The number of nitrogens with one attached hydrogen (secondary N) is 2. The second-order valence-electron chi connectivity index (χ2n) is 7.83. The van der Waals surface area contributed by atoms with E-state index in [4.69, 9.17) is 9.47 Å². The van der Waals surface area contributed by atoms with E-state index in [1.54, 1.807) is 36.4 Å². The van der Waals surface area contributed by atoms with Gasteiger partial charge in [0, 0.05) is 31.6 Å². The van der Waals surface area contributed by atoms with Crippen LogP contribution in [-0.4, -0.2) is 40.3 Å². The summed E-state index contributed by atoms with van der Waals surface area (Å²) in [5.41, 5.74) is 1.23. The standard InChI is InChI=1S/C24H25FN4O4/c25-18-4-1-3-16(13-18)15-33-19-8-6-17(7-9-19)23-27-24(31)21(28-29-23)10-11-22(30)26-14-20-5-2-12-32-20/h1,3-4,6-9,13,20H,2,5,10-12,14-15H2,(H,26,30)(H,27,29,31).